The molecule has 0 radical (unpaired) electrons. The maximum atomic E-state index is 12.7. The Morgan fingerprint density at radius 1 is 1.42 bits per heavy atom. The predicted octanol–water partition coefficient (Wildman–Crippen LogP) is 2.08. The van der Waals surface area contributed by atoms with E-state index < -0.39 is 17.5 Å². The molecule has 24 heavy (non-hydrogen) atoms. The third-order valence-corrected chi connectivity index (χ3v) is 4.92. The van der Waals surface area contributed by atoms with E-state index in [2.05, 4.69) is 0 Å². The molecule has 1 aromatic carbocycles. The van der Waals surface area contributed by atoms with E-state index in [0.717, 1.165) is 5.56 Å². The minimum Gasteiger partial charge on any atom is -0.496 e. The lowest BCUT2D eigenvalue weighted by molar-refractivity contribution is -0.162. The highest BCUT2D eigenvalue weighted by Crippen LogP contribution is 2.37. The maximum absolute atomic E-state index is 12.7. The van der Waals surface area contributed by atoms with E-state index in [1.165, 1.54) is 4.90 Å². The molecule has 1 fully saturated rings. The average molecular weight is 335 g/mol. The molecule has 1 heterocycles. The summed E-state index contributed by atoms with van der Waals surface area (Å²) in [6.07, 6.45) is 0.266. The highest BCUT2D eigenvalue weighted by atomic mass is 16.5. The molecule has 6 heteroatoms. The second kappa shape index (κ2) is 7.21. The Kier molecular flexibility index (Phi) is 5.49. The Balaban J connectivity index is 2.18. The molecule has 1 amide bonds. The van der Waals surface area contributed by atoms with E-state index in [9.17, 15) is 19.8 Å². The summed E-state index contributed by atoms with van der Waals surface area (Å²) in [6, 6.07) is 5.21. The van der Waals surface area contributed by atoms with Gasteiger partial charge in [-0.3, -0.25) is 9.59 Å². The van der Waals surface area contributed by atoms with Crippen molar-refractivity contribution in [1.29, 1.82) is 0 Å². The smallest absolute Gasteiger partial charge is 0.312 e. The molecule has 1 aromatic rings. The Morgan fingerprint density at radius 2 is 2.12 bits per heavy atom. The van der Waals surface area contributed by atoms with Crippen LogP contribution in [0.15, 0.2) is 18.2 Å². The van der Waals surface area contributed by atoms with Gasteiger partial charge in [0.15, 0.2) is 0 Å². The molecule has 2 rings (SSSR count). The molecule has 1 aliphatic rings. The van der Waals surface area contributed by atoms with Crippen molar-refractivity contribution in [2.45, 2.75) is 39.2 Å². The summed E-state index contributed by atoms with van der Waals surface area (Å²) in [6.45, 7) is 4.14. The summed E-state index contributed by atoms with van der Waals surface area (Å²) in [5, 5.41) is 20.0. The van der Waals surface area contributed by atoms with Crippen LogP contribution in [-0.2, 0) is 4.79 Å². The van der Waals surface area contributed by atoms with Crippen molar-refractivity contribution in [2.75, 3.05) is 20.2 Å². The van der Waals surface area contributed by atoms with Crippen molar-refractivity contribution in [3.8, 4) is 5.75 Å². The third-order valence-electron chi connectivity index (χ3n) is 4.92. The standard InChI is InChI=1S/C18H25NO5/c1-4-7-18(17(22)23)8-9-19(11-15(18)20)16(21)13-6-5-12(2)14(10-13)24-3/h5-6,10,15,20H,4,7-9,11H2,1-3H3,(H,22,23)/t15-,18-/m0/s1. The molecule has 6 nitrogen and oxygen atoms in total. The van der Waals surface area contributed by atoms with Crippen molar-refractivity contribution in [3.63, 3.8) is 0 Å². The zero-order valence-corrected chi connectivity index (χ0v) is 14.4. The molecule has 132 valence electrons. The number of β-amino-alcohol motifs (C(OH)–C–C–N with tert-alkyl or cyclic N) is 1. The fraction of sp³-hybridized carbons (Fsp3) is 0.556. The number of nitrogens with zero attached hydrogens (tertiary/aromatic N) is 1. The fourth-order valence-corrected chi connectivity index (χ4v) is 3.39. The van der Waals surface area contributed by atoms with E-state index in [1.807, 2.05) is 19.9 Å². The van der Waals surface area contributed by atoms with Gasteiger partial charge in [-0.15, -0.1) is 0 Å². The first kappa shape index (κ1) is 18.3. The van der Waals surface area contributed by atoms with Crippen LogP contribution >= 0.6 is 0 Å². The molecule has 0 spiro atoms. The molecule has 0 aliphatic carbocycles. The van der Waals surface area contributed by atoms with Gasteiger partial charge in [0.2, 0.25) is 0 Å². The number of carboxylic acid groups (broad SMARTS) is 1. The Bertz CT molecular complexity index is 630. The zero-order valence-electron chi connectivity index (χ0n) is 14.4. The van der Waals surface area contributed by atoms with E-state index in [4.69, 9.17) is 4.74 Å². The van der Waals surface area contributed by atoms with Gasteiger partial charge in [-0.2, -0.15) is 0 Å². The monoisotopic (exact) mass is 335 g/mol. The third kappa shape index (κ3) is 3.24. The van der Waals surface area contributed by atoms with Crippen LogP contribution in [0.5, 0.6) is 5.75 Å². The lowest BCUT2D eigenvalue weighted by Gasteiger charge is -2.42. The van der Waals surface area contributed by atoms with Gasteiger partial charge < -0.3 is 19.8 Å². The van der Waals surface area contributed by atoms with Crippen LogP contribution in [0.3, 0.4) is 0 Å². The van der Waals surface area contributed by atoms with E-state index in [1.54, 1.807) is 19.2 Å². The minimum atomic E-state index is -1.16. The maximum Gasteiger partial charge on any atom is 0.312 e. The lowest BCUT2D eigenvalue weighted by Crippen LogP contribution is -2.56. The number of hydrogen-bond acceptors (Lipinski definition) is 4. The number of aliphatic hydroxyl groups is 1. The van der Waals surface area contributed by atoms with Gasteiger partial charge in [0.1, 0.15) is 5.75 Å². The second-order valence-electron chi connectivity index (χ2n) is 6.41. The Morgan fingerprint density at radius 3 is 2.67 bits per heavy atom. The first-order chi connectivity index (χ1) is 11.4. The first-order valence-electron chi connectivity index (χ1n) is 8.21. The van der Waals surface area contributed by atoms with Gasteiger partial charge in [-0.25, -0.2) is 0 Å². The second-order valence-corrected chi connectivity index (χ2v) is 6.41. The number of piperidine rings is 1. The lowest BCUT2D eigenvalue weighted by atomic mass is 9.72. The Hall–Kier alpha value is -2.08. The fourth-order valence-electron chi connectivity index (χ4n) is 3.39. The molecular formula is C18H25NO5. The van der Waals surface area contributed by atoms with Crippen LogP contribution in [-0.4, -0.2) is 53.3 Å². The molecule has 0 aromatic heterocycles. The number of carbonyl (C=O) groups excluding carboxylic acids is 1. The number of rotatable bonds is 5. The summed E-state index contributed by atoms with van der Waals surface area (Å²) in [7, 11) is 1.55. The van der Waals surface area contributed by atoms with E-state index >= 15 is 0 Å². The first-order valence-corrected chi connectivity index (χ1v) is 8.21. The number of methoxy groups -OCH3 is 1. The topological polar surface area (TPSA) is 87.1 Å². The Labute approximate surface area is 142 Å². The molecule has 0 unspecified atom stereocenters. The average Bonchev–Trinajstić information content (AvgIpc) is 2.56. The summed E-state index contributed by atoms with van der Waals surface area (Å²) in [4.78, 5) is 25.9. The van der Waals surface area contributed by atoms with Gasteiger partial charge >= 0.3 is 5.97 Å². The van der Waals surface area contributed by atoms with Crippen LogP contribution in [0, 0.1) is 12.3 Å². The number of amides is 1. The molecule has 0 saturated carbocycles. The molecule has 1 aliphatic heterocycles. The van der Waals surface area contributed by atoms with Crippen LogP contribution in [0.25, 0.3) is 0 Å². The van der Waals surface area contributed by atoms with E-state index in [0.29, 0.717) is 30.7 Å². The van der Waals surface area contributed by atoms with Crippen molar-refractivity contribution in [1.82, 2.24) is 4.90 Å². The number of aliphatic hydroxyl groups excluding tert-OH is 1. The number of hydrogen-bond donors (Lipinski definition) is 2. The molecule has 2 atom stereocenters. The summed E-state index contributed by atoms with van der Waals surface area (Å²) < 4.78 is 5.24. The number of carboxylic acids is 1. The van der Waals surface area contributed by atoms with Crippen LogP contribution < -0.4 is 4.74 Å². The highest BCUT2D eigenvalue weighted by molar-refractivity contribution is 5.95. The van der Waals surface area contributed by atoms with Gasteiger partial charge in [-0.05, 0) is 37.5 Å². The van der Waals surface area contributed by atoms with Crippen molar-refractivity contribution in [3.05, 3.63) is 29.3 Å². The number of aryl methyl sites for hydroxylation is 1. The SMILES string of the molecule is CCC[C@]1(C(=O)O)CCN(C(=O)c2ccc(C)c(OC)c2)C[C@@H]1O. The molecule has 2 N–H and O–H groups in total. The zero-order chi connectivity index (χ0) is 17.9. The van der Waals surface area contributed by atoms with Crippen LogP contribution in [0.4, 0.5) is 0 Å². The van der Waals surface area contributed by atoms with Crippen molar-refractivity contribution < 1.29 is 24.5 Å². The quantitative estimate of drug-likeness (QED) is 0.860. The number of carbonyl (C=O) groups is 2. The summed E-state index contributed by atoms with van der Waals surface area (Å²) in [5.41, 5.74) is 0.250. The van der Waals surface area contributed by atoms with E-state index in [-0.39, 0.29) is 18.9 Å². The molecule has 0 bridgehead atoms. The highest BCUT2D eigenvalue weighted by Gasteiger charge is 2.48. The molecular weight excluding hydrogens is 310 g/mol. The summed E-state index contributed by atoms with van der Waals surface area (Å²) >= 11 is 0. The predicted molar refractivity (Wildman–Crippen MR) is 89.2 cm³/mol. The number of ether oxygens (including phenoxy) is 1. The number of aliphatic carboxylic acids is 1. The van der Waals surface area contributed by atoms with Crippen molar-refractivity contribution in [2.24, 2.45) is 5.41 Å². The van der Waals surface area contributed by atoms with Gasteiger partial charge in [0.05, 0.1) is 18.6 Å². The molecule has 1 saturated heterocycles. The summed E-state index contributed by atoms with van der Waals surface area (Å²) in [5.74, 6) is -0.576. The number of likely N-dealkylation sites (tertiary alicyclic amines) is 1. The largest absolute Gasteiger partial charge is 0.496 e. The van der Waals surface area contributed by atoms with Crippen LogP contribution in [0.2, 0.25) is 0 Å². The van der Waals surface area contributed by atoms with Gasteiger partial charge in [-0.1, -0.05) is 19.4 Å². The normalized spacial score (nSPS) is 23.8. The number of benzene rings is 1. The van der Waals surface area contributed by atoms with Crippen molar-refractivity contribution >= 4 is 11.9 Å². The minimum absolute atomic E-state index is 0.0291. The van der Waals surface area contributed by atoms with Gasteiger partial charge in [0.25, 0.3) is 5.91 Å². The van der Waals surface area contributed by atoms with Gasteiger partial charge in [0, 0.05) is 18.7 Å². The van der Waals surface area contributed by atoms with Crippen LogP contribution in [0.1, 0.15) is 42.1 Å².